The van der Waals surface area contributed by atoms with Crippen LogP contribution in [0.2, 0.25) is 0 Å². The normalized spacial score (nSPS) is 34.5. The molecular weight excluding hydrogens is 164 g/mol. The minimum Gasteiger partial charge on any atom is -0.375 e. The van der Waals surface area contributed by atoms with Gasteiger partial charge in [-0.25, -0.2) is 0 Å². The first kappa shape index (κ1) is 10.7. The van der Waals surface area contributed by atoms with Crippen LogP contribution in [-0.2, 0) is 9.53 Å². The number of Topliss-reactive ketones (excluding diaryl/α,β-unsaturated/α-hetero) is 1. The van der Waals surface area contributed by atoms with Gasteiger partial charge >= 0.3 is 0 Å². The molecule has 0 N–H and O–H groups in total. The summed E-state index contributed by atoms with van der Waals surface area (Å²) >= 11 is 0. The molecule has 0 spiro atoms. The minimum atomic E-state index is -0.0479. The lowest BCUT2D eigenvalue weighted by atomic mass is 9.82. The van der Waals surface area contributed by atoms with E-state index in [1.54, 1.807) is 0 Å². The van der Waals surface area contributed by atoms with Crippen LogP contribution in [0.15, 0.2) is 0 Å². The Bertz CT molecular complexity index is 189. The summed E-state index contributed by atoms with van der Waals surface area (Å²) in [6, 6.07) is 0. The fourth-order valence-electron chi connectivity index (χ4n) is 1.94. The molecule has 0 aromatic rings. The van der Waals surface area contributed by atoms with Crippen LogP contribution in [-0.4, -0.2) is 18.0 Å². The van der Waals surface area contributed by atoms with E-state index in [1.807, 2.05) is 6.92 Å². The number of hydrogen-bond donors (Lipinski definition) is 0. The molecule has 1 saturated heterocycles. The fraction of sp³-hybridized carbons (Fsp3) is 0.909. The Morgan fingerprint density at radius 2 is 2.23 bits per heavy atom. The van der Waals surface area contributed by atoms with Gasteiger partial charge in [-0.2, -0.15) is 0 Å². The maximum absolute atomic E-state index is 11.5. The molecule has 0 saturated carbocycles. The van der Waals surface area contributed by atoms with Gasteiger partial charge in [-0.15, -0.1) is 0 Å². The first-order valence-corrected chi connectivity index (χ1v) is 5.28. The molecule has 0 radical (unpaired) electrons. The van der Waals surface area contributed by atoms with Crippen LogP contribution in [0.1, 0.15) is 46.5 Å². The molecule has 0 aliphatic carbocycles. The molecule has 1 fully saturated rings. The van der Waals surface area contributed by atoms with Crippen LogP contribution in [0.5, 0.6) is 0 Å². The van der Waals surface area contributed by atoms with Crippen molar-refractivity contribution in [3.63, 3.8) is 0 Å². The van der Waals surface area contributed by atoms with Gasteiger partial charge in [0.05, 0.1) is 5.60 Å². The Kier molecular flexibility index (Phi) is 3.48. The van der Waals surface area contributed by atoms with Crippen molar-refractivity contribution in [3.05, 3.63) is 0 Å². The number of carbonyl (C=O) groups is 1. The first-order valence-electron chi connectivity index (χ1n) is 5.28. The van der Waals surface area contributed by atoms with E-state index in [0.29, 0.717) is 12.2 Å². The second-order valence-electron chi connectivity index (χ2n) is 4.16. The zero-order valence-corrected chi connectivity index (χ0v) is 8.93. The Labute approximate surface area is 80.7 Å². The fourth-order valence-corrected chi connectivity index (χ4v) is 1.94. The predicted molar refractivity (Wildman–Crippen MR) is 52.7 cm³/mol. The summed E-state index contributed by atoms with van der Waals surface area (Å²) < 4.78 is 5.69. The second-order valence-corrected chi connectivity index (χ2v) is 4.16. The molecule has 13 heavy (non-hydrogen) atoms. The molecule has 1 rings (SSSR count). The van der Waals surface area contributed by atoms with Gasteiger partial charge in [-0.05, 0) is 26.2 Å². The topological polar surface area (TPSA) is 26.3 Å². The third-order valence-electron chi connectivity index (χ3n) is 3.15. The number of ether oxygens (including phenoxy) is 1. The average Bonchev–Trinajstić information content (AvgIpc) is 2.17. The van der Waals surface area contributed by atoms with Gasteiger partial charge in [0.2, 0.25) is 0 Å². The minimum absolute atomic E-state index is 0.0479. The van der Waals surface area contributed by atoms with Crippen LogP contribution in [0.25, 0.3) is 0 Å². The monoisotopic (exact) mass is 184 g/mol. The van der Waals surface area contributed by atoms with E-state index in [0.717, 1.165) is 25.9 Å². The average molecular weight is 184 g/mol. The molecule has 1 aliphatic heterocycles. The van der Waals surface area contributed by atoms with Gasteiger partial charge in [0.25, 0.3) is 0 Å². The van der Waals surface area contributed by atoms with E-state index in [4.69, 9.17) is 4.74 Å². The highest BCUT2D eigenvalue weighted by atomic mass is 16.5. The molecule has 0 aromatic heterocycles. The van der Waals surface area contributed by atoms with Crippen molar-refractivity contribution < 1.29 is 9.53 Å². The molecule has 2 unspecified atom stereocenters. The summed E-state index contributed by atoms with van der Waals surface area (Å²) in [5.74, 6) is 0.659. The molecular formula is C11H20O2. The van der Waals surface area contributed by atoms with E-state index in [1.165, 1.54) is 0 Å². The quantitative estimate of drug-likeness (QED) is 0.673. The van der Waals surface area contributed by atoms with Crippen LogP contribution < -0.4 is 0 Å². The zero-order chi connectivity index (χ0) is 9.90. The van der Waals surface area contributed by atoms with E-state index in [-0.39, 0.29) is 11.5 Å². The number of rotatable bonds is 3. The van der Waals surface area contributed by atoms with E-state index in [9.17, 15) is 4.79 Å². The summed E-state index contributed by atoms with van der Waals surface area (Å²) in [7, 11) is 0. The number of carbonyl (C=O) groups excluding carboxylic acids is 1. The van der Waals surface area contributed by atoms with Crippen LogP contribution in [0, 0.1) is 5.92 Å². The predicted octanol–water partition coefficient (Wildman–Crippen LogP) is 2.56. The van der Waals surface area contributed by atoms with Gasteiger partial charge in [0.1, 0.15) is 5.78 Å². The van der Waals surface area contributed by atoms with E-state index < -0.39 is 0 Å². The molecule has 2 atom stereocenters. The lowest BCUT2D eigenvalue weighted by Gasteiger charge is -2.37. The summed E-state index contributed by atoms with van der Waals surface area (Å²) in [6.07, 6.45) is 3.50. The third kappa shape index (κ3) is 2.53. The highest BCUT2D eigenvalue weighted by Crippen LogP contribution is 2.32. The Morgan fingerprint density at radius 3 is 2.77 bits per heavy atom. The van der Waals surface area contributed by atoms with E-state index >= 15 is 0 Å². The Balaban J connectivity index is 2.56. The van der Waals surface area contributed by atoms with Crippen molar-refractivity contribution in [3.8, 4) is 0 Å². The standard InChI is InChI=1S/C11H20O2/c1-4-10(12)9-6-7-13-11(3,5-2)8-9/h9H,4-8H2,1-3H3. The number of ketones is 1. The SMILES string of the molecule is CCC(=O)C1CCOC(C)(CC)C1. The molecule has 2 nitrogen and oxygen atoms in total. The van der Waals surface area contributed by atoms with Crippen molar-refractivity contribution in [1.82, 2.24) is 0 Å². The lowest BCUT2D eigenvalue weighted by Crippen LogP contribution is -2.38. The van der Waals surface area contributed by atoms with Crippen molar-refractivity contribution in [2.24, 2.45) is 5.92 Å². The molecule has 1 heterocycles. The van der Waals surface area contributed by atoms with Crippen LogP contribution in [0.3, 0.4) is 0 Å². The van der Waals surface area contributed by atoms with Crippen molar-refractivity contribution >= 4 is 5.78 Å². The molecule has 76 valence electrons. The number of hydrogen-bond acceptors (Lipinski definition) is 2. The summed E-state index contributed by atoms with van der Waals surface area (Å²) in [6.45, 7) is 6.93. The third-order valence-corrected chi connectivity index (χ3v) is 3.15. The maximum Gasteiger partial charge on any atom is 0.135 e. The van der Waals surface area contributed by atoms with E-state index in [2.05, 4.69) is 13.8 Å². The Morgan fingerprint density at radius 1 is 1.54 bits per heavy atom. The molecule has 0 bridgehead atoms. The van der Waals surface area contributed by atoms with Crippen molar-refractivity contribution in [2.45, 2.75) is 52.1 Å². The lowest BCUT2D eigenvalue weighted by molar-refractivity contribution is -0.135. The molecule has 0 amide bonds. The van der Waals surface area contributed by atoms with Gasteiger partial charge < -0.3 is 4.74 Å². The van der Waals surface area contributed by atoms with Crippen molar-refractivity contribution in [1.29, 1.82) is 0 Å². The highest BCUT2D eigenvalue weighted by Gasteiger charge is 2.34. The Hall–Kier alpha value is -0.370. The van der Waals surface area contributed by atoms with Gasteiger partial charge in [-0.1, -0.05) is 13.8 Å². The molecule has 2 heteroatoms. The van der Waals surface area contributed by atoms with Crippen LogP contribution in [0.4, 0.5) is 0 Å². The smallest absolute Gasteiger partial charge is 0.135 e. The second kappa shape index (κ2) is 4.23. The summed E-state index contributed by atoms with van der Waals surface area (Å²) in [5, 5.41) is 0. The van der Waals surface area contributed by atoms with Crippen molar-refractivity contribution in [2.75, 3.05) is 6.61 Å². The van der Waals surface area contributed by atoms with Gasteiger partial charge in [-0.3, -0.25) is 4.79 Å². The largest absolute Gasteiger partial charge is 0.375 e. The maximum atomic E-state index is 11.5. The zero-order valence-electron chi connectivity index (χ0n) is 8.93. The first-order chi connectivity index (χ1) is 6.11. The molecule has 0 aromatic carbocycles. The van der Waals surface area contributed by atoms with Gasteiger partial charge in [0, 0.05) is 18.9 Å². The van der Waals surface area contributed by atoms with Gasteiger partial charge in [0.15, 0.2) is 0 Å². The van der Waals surface area contributed by atoms with Crippen LogP contribution >= 0.6 is 0 Å². The summed E-state index contributed by atoms with van der Waals surface area (Å²) in [5.41, 5.74) is -0.0479. The highest BCUT2D eigenvalue weighted by molar-refractivity contribution is 5.80. The summed E-state index contributed by atoms with van der Waals surface area (Å²) in [4.78, 5) is 11.5. The molecule has 1 aliphatic rings.